The molecule has 138 valence electrons. The van der Waals surface area contributed by atoms with Crippen LogP contribution in [0.15, 0.2) is 42.5 Å². The van der Waals surface area contributed by atoms with Crippen LogP contribution in [0, 0.1) is 11.3 Å². The van der Waals surface area contributed by atoms with Crippen LogP contribution in [0.2, 0.25) is 5.02 Å². The highest BCUT2D eigenvalue weighted by Gasteiger charge is 2.42. The lowest BCUT2D eigenvalue weighted by Crippen LogP contribution is -2.38. The van der Waals surface area contributed by atoms with Gasteiger partial charge >= 0.3 is 5.97 Å². The number of ether oxygens (including phenoxy) is 1. The molecule has 1 fully saturated rings. The SMILES string of the molecule is CC(=O)Oc1ccc(NC(=O)C2(c3ccc(Cl)cc3)CCCC2)c(C#N)c1. The van der Waals surface area contributed by atoms with E-state index in [0.717, 1.165) is 31.2 Å². The highest BCUT2D eigenvalue weighted by atomic mass is 35.5. The van der Waals surface area contributed by atoms with Crippen LogP contribution in [-0.2, 0) is 15.0 Å². The Hall–Kier alpha value is -2.84. The highest BCUT2D eigenvalue weighted by Crippen LogP contribution is 2.42. The van der Waals surface area contributed by atoms with Crippen molar-refractivity contribution >= 4 is 29.2 Å². The van der Waals surface area contributed by atoms with E-state index in [-0.39, 0.29) is 17.2 Å². The van der Waals surface area contributed by atoms with Gasteiger partial charge in [-0.2, -0.15) is 5.26 Å². The van der Waals surface area contributed by atoms with Gasteiger partial charge in [0.2, 0.25) is 5.91 Å². The standard InChI is InChI=1S/C21H19ClN2O3/c1-14(25)27-18-8-9-19(15(12-18)13-23)24-20(26)21(10-2-3-11-21)16-4-6-17(22)7-5-16/h4-9,12H,2-3,10-11H2,1H3,(H,24,26). The van der Waals surface area contributed by atoms with E-state index in [2.05, 4.69) is 5.32 Å². The van der Waals surface area contributed by atoms with Gasteiger partial charge in [-0.1, -0.05) is 36.6 Å². The quantitative estimate of drug-likeness (QED) is 0.619. The number of nitrogens with zero attached hydrogens (tertiary/aromatic N) is 1. The van der Waals surface area contributed by atoms with Crippen LogP contribution in [0.4, 0.5) is 5.69 Å². The Labute approximate surface area is 162 Å². The smallest absolute Gasteiger partial charge is 0.308 e. The molecule has 0 bridgehead atoms. The molecular weight excluding hydrogens is 364 g/mol. The van der Waals surface area contributed by atoms with Crippen molar-refractivity contribution in [3.63, 3.8) is 0 Å². The van der Waals surface area contributed by atoms with Crippen LogP contribution in [0.1, 0.15) is 43.7 Å². The lowest BCUT2D eigenvalue weighted by atomic mass is 9.78. The maximum Gasteiger partial charge on any atom is 0.308 e. The molecule has 0 saturated heterocycles. The molecular formula is C21H19ClN2O3. The monoisotopic (exact) mass is 382 g/mol. The van der Waals surface area contributed by atoms with Crippen molar-refractivity contribution < 1.29 is 14.3 Å². The van der Waals surface area contributed by atoms with Gasteiger partial charge < -0.3 is 10.1 Å². The number of nitrogens with one attached hydrogen (secondary N) is 1. The molecule has 1 aliphatic carbocycles. The zero-order chi connectivity index (χ0) is 19.4. The van der Waals surface area contributed by atoms with E-state index in [1.54, 1.807) is 24.3 Å². The molecule has 2 aromatic rings. The summed E-state index contributed by atoms with van der Waals surface area (Å²) in [5, 5.41) is 12.9. The number of halogens is 1. The van der Waals surface area contributed by atoms with E-state index in [4.69, 9.17) is 16.3 Å². The first kappa shape index (κ1) is 18.9. The van der Waals surface area contributed by atoms with E-state index >= 15 is 0 Å². The second kappa shape index (κ2) is 7.81. The molecule has 1 saturated carbocycles. The van der Waals surface area contributed by atoms with E-state index in [1.807, 2.05) is 18.2 Å². The number of esters is 1. The summed E-state index contributed by atoms with van der Waals surface area (Å²) in [6, 6.07) is 14.0. The Balaban J connectivity index is 1.90. The minimum Gasteiger partial charge on any atom is -0.427 e. The molecule has 1 aliphatic rings. The first-order valence-corrected chi connectivity index (χ1v) is 9.12. The molecule has 0 atom stereocenters. The molecule has 6 heteroatoms. The predicted octanol–water partition coefficient (Wildman–Crippen LogP) is 4.59. The summed E-state index contributed by atoms with van der Waals surface area (Å²) < 4.78 is 5.00. The Kier molecular flexibility index (Phi) is 5.48. The largest absolute Gasteiger partial charge is 0.427 e. The van der Waals surface area contributed by atoms with Gasteiger partial charge in [0.15, 0.2) is 0 Å². The van der Waals surface area contributed by atoms with E-state index < -0.39 is 11.4 Å². The third-order valence-electron chi connectivity index (χ3n) is 4.91. The number of anilines is 1. The van der Waals surface area contributed by atoms with Crippen LogP contribution in [0.25, 0.3) is 0 Å². The molecule has 1 N–H and O–H groups in total. The molecule has 0 heterocycles. The number of carbonyl (C=O) groups excluding carboxylic acids is 2. The van der Waals surface area contributed by atoms with Crippen molar-refractivity contribution in [2.75, 3.05) is 5.32 Å². The zero-order valence-electron chi connectivity index (χ0n) is 14.9. The van der Waals surface area contributed by atoms with Crippen molar-refractivity contribution in [3.8, 4) is 11.8 Å². The summed E-state index contributed by atoms with van der Waals surface area (Å²) in [6.45, 7) is 1.29. The number of benzene rings is 2. The van der Waals surface area contributed by atoms with Crippen molar-refractivity contribution in [1.29, 1.82) is 5.26 Å². The third-order valence-corrected chi connectivity index (χ3v) is 5.16. The van der Waals surface area contributed by atoms with E-state index in [9.17, 15) is 14.9 Å². The minimum absolute atomic E-state index is 0.140. The molecule has 0 spiro atoms. The number of rotatable bonds is 4. The Morgan fingerprint density at radius 1 is 1.15 bits per heavy atom. The summed E-state index contributed by atoms with van der Waals surface area (Å²) in [6.07, 6.45) is 3.42. The van der Waals surface area contributed by atoms with Gasteiger partial charge in [0.25, 0.3) is 0 Å². The van der Waals surface area contributed by atoms with Gasteiger partial charge in [-0.3, -0.25) is 9.59 Å². The maximum atomic E-state index is 13.2. The number of carbonyl (C=O) groups is 2. The van der Waals surface area contributed by atoms with Crippen LogP contribution in [0.3, 0.4) is 0 Å². The van der Waals surface area contributed by atoms with Crippen LogP contribution in [-0.4, -0.2) is 11.9 Å². The van der Waals surface area contributed by atoms with Crippen molar-refractivity contribution in [1.82, 2.24) is 0 Å². The van der Waals surface area contributed by atoms with Gasteiger partial charge in [-0.25, -0.2) is 0 Å². The number of hydrogen-bond acceptors (Lipinski definition) is 4. The maximum absolute atomic E-state index is 13.2. The fourth-order valence-corrected chi connectivity index (χ4v) is 3.72. The topological polar surface area (TPSA) is 79.2 Å². The summed E-state index contributed by atoms with van der Waals surface area (Å²) in [5.41, 5.74) is 0.938. The molecule has 27 heavy (non-hydrogen) atoms. The van der Waals surface area contributed by atoms with Crippen molar-refractivity contribution in [3.05, 3.63) is 58.6 Å². The summed E-state index contributed by atoms with van der Waals surface area (Å²) in [5.74, 6) is -0.340. The lowest BCUT2D eigenvalue weighted by molar-refractivity contribution is -0.131. The fourth-order valence-electron chi connectivity index (χ4n) is 3.59. The van der Waals surface area contributed by atoms with Gasteiger partial charge in [-0.05, 0) is 42.7 Å². The molecule has 1 amide bonds. The second-order valence-corrected chi connectivity index (χ2v) is 7.10. The molecule has 3 rings (SSSR count). The Morgan fingerprint density at radius 2 is 1.81 bits per heavy atom. The van der Waals surface area contributed by atoms with Crippen molar-refractivity contribution in [2.45, 2.75) is 38.0 Å². The van der Waals surface area contributed by atoms with E-state index in [1.165, 1.54) is 13.0 Å². The van der Waals surface area contributed by atoms with Gasteiger partial charge in [0, 0.05) is 18.0 Å². The predicted molar refractivity (Wildman–Crippen MR) is 103 cm³/mol. The second-order valence-electron chi connectivity index (χ2n) is 6.66. The lowest BCUT2D eigenvalue weighted by Gasteiger charge is -2.28. The minimum atomic E-state index is -0.633. The molecule has 0 aliphatic heterocycles. The van der Waals surface area contributed by atoms with Crippen LogP contribution >= 0.6 is 11.6 Å². The number of hydrogen-bond donors (Lipinski definition) is 1. The average molecular weight is 383 g/mol. The Morgan fingerprint density at radius 3 is 2.41 bits per heavy atom. The molecule has 0 unspecified atom stereocenters. The molecule has 5 nitrogen and oxygen atoms in total. The van der Waals surface area contributed by atoms with Crippen LogP contribution < -0.4 is 10.1 Å². The first-order valence-electron chi connectivity index (χ1n) is 8.75. The molecule has 2 aromatic carbocycles. The normalized spacial score (nSPS) is 15.0. The average Bonchev–Trinajstić information content (AvgIpc) is 3.14. The fraction of sp³-hybridized carbons (Fsp3) is 0.286. The third kappa shape index (κ3) is 3.96. The van der Waals surface area contributed by atoms with Gasteiger partial charge in [0.1, 0.15) is 11.8 Å². The first-order chi connectivity index (χ1) is 12.9. The number of amides is 1. The van der Waals surface area contributed by atoms with Crippen LogP contribution in [0.5, 0.6) is 5.75 Å². The summed E-state index contributed by atoms with van der Waals surface area (Å²) in [4.78, 5) is 24.3. The number of nitriles is 1. The highest BCUT2D eigenvalue weighted by molar-refractivity contribution is 6.30. The molecule has 0 radical (unpaired) electrons. The zero-order valence-corrected chi connectivity index (χ0v) is 15.7. The van der Waals surface area contributed by atoms with Gasteiger partial charge in [0.05, 0.1) is 16.7 Å². The summed E-state index contributed by atoms with van der Waals surface area (Å²) in [7, 11) is 0. The van der Waals surface area contributed by atoms with Gasteiger partial charge in [-0.15, -0.1) is 0 Å². The van der Waals surface area contributed by atoms with Crippen molar-refractivity contribution in [2.24, 2.45) is 0 Å². The van der Waals surface area contributed by atoms with E-state index in [0.29, 0.717) is 10.7 Å². The molecule has 0 aromatic heterocycles. The Bertz CT molecular complexity index is 910. The summed E-state index contributed by atoms with van der Waals surface area (Å²) >= 11 is 5.99.